The molecule has 0 amide bonds. The smallest absolute Gasteiger partial charge is 0.204 e. The van der Waals surface area contributed by atoms with Crippen LogP contribution in [0.5, 0.6) is 0 Å². The zero-order chi connectivity index (χ0) is 26.2. The number of hydrogen-bond acceptors (Lipinski definition) is 2. The van der Waals surface area contributed by atoms with Crippen LogP contribution in [-0.4, -0.2) is 27.8 Å². The highest BCUT2D eigenvalue weighted by Gasteiger charge is 2.58. The summed E-state index contributed by atoms with van der Waals surface area (Å²) in [6.07, 6.45) is 2.45. The highest BCUT2D eigenvalue weighted by Crippen LogP contribution is 2.58. The topological polar surface area (TPSA) is 18.5 Å². The summed E-state index contributed by atoms with van der Waals surface area (Å²) in [7, 11) is -4.19. The molecule has 0 aromatic carbocycles. The van der Waals surface area contributed by atoms with Crippen molar-refractivity contribution in [3.05, 3.63) is 0 Å². The third-order valence-electron chi connectivity index (χ3n) is 7.11. The molecule has 0 spiro atoms. The van der Waals surface area contributed by atoms with Crippen molar-refractivity contribution >= 4 is 16.6 Å². The summed E-state index contributed by atoms with van der Waals surface area (Å²) in [6, 6.07) is 2.43. The van der Waals surface area contributed by atoms with E-state index in [0.717, 1.165) is 0 Å². The highest BCUT2D eigenvalue weighted by molar-refractivity contribution is 6.80. The van der Waals surface area contributed by atoms with Gasteiger partial charge in [0.1, 0.15) is 0 Å². The van der Waals surface area contributed by atoms with Gasteiger partial charge in [-0.05, 0) is 73.8 Å². The second kappa shape index (κ2) is 9.78. The van der Waals surface area contributed by atoms with Crippen molar-refractivity contribution < 1.29 is 8.85 Å². The maximum absolute atomic E-state index is 7.12. The monoisotopic (exact) mass is 486 g/mol. The van der Waals surface area contributed by atoms with Crippen molar-refractivity contribution in [2.45, 2.75) is 181 Å². The van der Waals surface area contributed by atoms with Gasteiger partial charge in [0.25, 0.3) is 0 Å². The molecule has 32 heavy (non-hydrogen) atoms. The van der Waals surface area contributed by atoms with E-state index in [1.165, 1.54) is 24.9 Å². The van der Waals surface area contributed by atoms with Gasteiger partial charge in [0.05, 0.1) is 0 Å². The summed E-state index contributed by atoms with van der Waals surface area (Å²) >= 11 is 0. The molecule has 0 atom stereocenters. The molecule has 0 saturated heterocycles. The average Bonchev–Trinajstić information content (AvgIpc) is 2.41. The van der Waals surface area contributed by atoms with Gasteiger partial charge in [-0.2, -0.15) is 0 Å². The van der Waals surface area contributed by atoms with E-state index in [2.05, 4.69) is 125 Å². The first-order chi connectivity index (χ1) is 13.6. The molecular weight excluding hydrogens is 424 g/mol. The summed E-state index contributed by atoms with van der Waals surface area (Å²) in [5.41, 5.74) is -0.227. The van der Waals surface area contributed by atoms with E-state index < -0.39 is 16.6 Å². The van der Waals surface area contributed by atoms with Crippen molar-refractivity contribution in [1.82, 2.24) is 0 Å². The summed E-state index contributed by atoms with van der Waals surface area (Å²) in [5.74, 6) is 0. The van der Waals surface area contributed by atoms with Gasteiger partial charge >= 0.3 is 0 Å². The molecule has 2 nitrogen and oxygen atoms in total. The first kappa shape index (κ1) is 32.4. The van der Waals surface area contributed by atoms with Gasteiger partial charge in [-0.3, -0.25) is 0 Å². The molecule has 0 aromatic heterocycles. The Bertz CT molecular complexity index is 500. The Hall–Kier alpha value is 0.354. The highest BCUT2D eigenvalue weighted by atomic mass is 28.4. The Kier molecular flexibility index (Phi) is 9.89. The van der Waals surface area contributed by atoms with Crippen LogP contribution >= 0.6 is 0 Å². The van der Waals surface area contributed by atoms with Gasteiger partial charge in [-0.1, -0.05) is 95.9 Å². The molecule has 0 N–H and O–H groups in total. The summed E-state index contributed by atoms with van der Waals surface area (Å²) in [6.45, 7) is 42.4. The number of rotatable bonds is 7. The Morgan fingerprint density at radius 2 is 0.562 bits per heavy atom. The first-order valence-electron chi connectivity index (χ1n) is 13.0. The molecule has 4 heteroatoms. The number of hydrogen-bond donors (Lipinski definition) is 0. The second-order valence-corrected chi connectivity index (χ2v) is 27.0. The van der Waals surface area contributed by atoms with Crippen LogP contribution in [0.3, 0.4) is 0 Å². The van der Waals surface area contributed by atoms with Gasteiger partial charge in [0, 0.05) is 11.2 Å². The molecule has 0 aliphatic rings. The average molecular weight is 487 g/mol. The van der Waals surface area contributed by atoms with Crippen LogP contribution in [0.25, 0.3) is 0 Å². The standard InChI is InChI=1S/C28H62O2Si2/c1-23(2,3)29-31(25(7,8)9,26(10,11)12)21-19-20-22-32(27(13,14)15,28(16,17)18)30-24(4,5)6/h19-22H2,1-18H3. The van der Waals surface area contributed by atoms with Crippen LogP contribution in [0.4, 0.5) is 0 Å². The third kappa shape index (κ3) is 7.95. The molecule has 0 fully saturated rings. The molecular formula is C28H62O2Si2. The maximum Gasteiger partial charge on any atom is 0.204 e. The minimum Gasteiger partial charge on any atom is -0.411 e. The van der Waals surface area contributed by atoms with E-state index in [9.17, 15) is 0 Å². The molecule has 0 aliphatic heterocycles. The van der Waals surface area contributed by atoms with Crippen LogP contribution in [0.2, 0.25) is 32.2 Å². The van der Waals surface area contributed by atoms with Crippen LogP contribution in [0.15, 0.2) is 0 Å². The molecule has 0 rings (SSSR count). The molecule has 0 aliphatic carbocycles. The van der Waals surface area contributed by atoms with E-state index in [0.29, 0.717) is 0 Å². The largest absolute Gasteiger partial charge is 0.411 e. The van der Waals surface area contributed by atoms with Crippen LogP contribution in [0, 0.1) is 0 Å². The normalized spacial score (nSPS) is 15.9. The predicted octanol–water partition coefficient (Wildman–Crippen LogP) is 10.5. The lowest BCUT2D eigenvalue weighted by Crippen LogP contribution is -2.58. The van der Waals surface area contributed by atoms with Gasteiger partial charge in [0.15, 0.2) is 0 Å². The van der Waals surface area contributed by atoms with Crippen molar-refractivity contribution in [1.29, 1.82) is 0 Å². The minimum atomic E-state index is -2.09. The fourth-order valence-corrected chi connectivity index (χ4v) is 18.8. The van der Waals surface area contributed by atoms with Crippen molar-refractivity contribution in [3.8, 4) is 0 Å². The Labute approximate surface area is 206 Å². The van der Waals surface area contributed by atoms with E-state index in [-0.39, 0.29) is 31.4 Å². The SMILES string of the molecule is CC(C)(C)O[Si](CCCC[Si](OC(C)(C)C)(C(C)(C)C)C(C)(C)C)(C(C)(C)C)C(C)(C)C. The van der Waals surface area contributed by atoms with Crippen molar-refractivity contribution in [2.75, 3.05) is 0 Å². The lowest BCUT2D eigenvalue weighted by molar-refractivity contribution is 0.0943. The quantitative estimate of drug-likeness (QED) is 0.263. The Balaban J connectivity index is 6.04. The first-order valence-corrected chi connectivity index (χ1v) is 17.3. The Morgan fingerprint density at radius 3 is 0.688 bits per heavy atom. The second-order valence-electron chi connectivity index (χ2n) is 16.3. The van der Waals surface area contributed by atoms with E-state index >= 15 is 0 Å². The third-order valence-corrected chi connectivity index (χ3v) is 20.8. The predicted molar refractivity (Wildman–Crippen MR) is 151 cm³/mol. The van der Waals surface area contributed by atoms with Gasteiger partial charge in [0.2, 0.25) is 16.6 Å². The van der Waals surface area contributed by atoms with E-state index in [1.807, 2.05) is 0 Å². The van der Waals surface area contributed by atoms with E-state index in [1.54, 1.807) is 0 Å². The van der Waals surface area contributed by atoms with Crippen molar-refractivity contribution in [3.63, 3.8) is 0 Å². The lowest BCUT2D eigenvalue weighted by atomic mass is 10.2. The summed E-state index contributed by atoms with van der Waals surface area (Å²) < 4.78 is 14.2. The van der Waals surface area contributed by atoms with Crippen LogP contribution in [0.1, 0.15) is 137 Å². The molecule has 0 bridgehead atoms. The number of unbranched alkanes of at least 4 members (excludes halogenated alkanes) is 1. The van der Waals surface area contributed by atoms with Gasteiger partial charge < -0.3 is 8.85 Å². The van der Waals surface area contributed by atoms with Crippen LogP contribution in [-0.2, 0) is 8.85 Å². The van der Waals surface area contributed by atoms with Gasteiger partial charge in [-0.15, -0.1) is 0 Å². The fourth-order valence-electron chi connectivity index (χ4n) is 6.26. The zero-order valence-corrected chi connectivity index (χ0v) is 27.6. The molecule has 194 valence electrons. The van der Waals surface area contributed by atoms with E-state index in [4.69, 9.17) is 8.85 Å². The van der Waals surface area contributed by atoms with Gasteiger partial charge in [-0.25, -0.2) is 0 Å². The zero-order valence-electron chi connectivity index (χ0n) is 25.6. The molecule has 0 radical (unpaired) electrons. The molecule has 0 aromatic rings. The maximum atomic E-state index is 7.12. The Morgan fingerprint density at radius 1 is 0.375 bits per heavy atom. The lowest BCUT2D eigenvalue weighted by Gasteiger charge is -2.55. The fraction of sp³-hybridized carbons (Fsp3) is 1.00. The molecule has 0 saturated carbocycles. The molecule has 0 heterocycles. The van der Waals surface area contributed by atoms with Crippen molar-refractivity contribution in [2.24, 2.45) is 0 Å². The summed E-state index contributed by atoms with van der Waals surface area (Å²) in [4.78, 5) is 0. The van der Waals surface area contributed by atoms with Crippen LogP contribution < -0.4 is 0 Å². The minimum absolute atomic E-state index is 0.114. The summed E-state index contributed by atoms with van der Waals surface area (Å²) in [5, 5.41) is 0.734. The molecule has 0 unspecified atom stereocenters.